The standard InChI is InChI=1S/C20H23ClN6O3/c1-3-18-22-19(30-24-18)17-12-27(25-23-17)15-7-9-26(10-8-15)20(28)13(2)29-16-6-4-5-14(21)11-16/h4-6,11-13,15H,3,7-10H2,1-2H3/t13-/m0/s1. The van der Waals surface area contributed by atoms with Crippen LogP contribution >= 0.6 is 11.6 Å². The number of aromatic nitrogens is 5. The Balaban J connectivity index is 1.33. The van der Waals surface area contributed by atoms with Gasteiger partial charge in [0.1, 0.15) is 5.75 Å². The van der Waals surface area contributed by atoms with Gasteiger partial charge in [-0.05, 0) is 38.0 Å². The van der Waals surface area contributed by atoms with Crippen LogP contribution in [0.5, 0.6) is 5.75 Å². The van der Waals surface area contributed by atoms with E-state index >= 15 is 0 Å². The number of nitrogens with zero attached hydrogens (tertiary/aromatic N) is 6. The smallest absolute Gasteiger partial charge is 0.280 e. The van der Waals surface area contributed by atoms with Crippen LogP contribution in [0.3, 0.4) is 0 Å². The summed E-state index contributed by atoms with van der Waals surface area (Å²) < 4.78 is 12.8. The Hall–Kier alpha value is -2.94. The first-order valence-electron chi connectivity index (χ1n) is 9.99. The van der Waals surface area contributed by atoms with E-state index < -0.39 is 6.10 Å². The van der Waals surface area contributed by atoms with E-state index in [1.165, 1.54) is 0 Å². The fourth-order valence-electron chi connectivity index (χ4n) is 3.46. The quantitative estimate of drug-likeness (QED) is 0.592. The molecule has 0 N–H and O–H groups in total. The molecule has 0 saturated carbocycles. The van der Waals surface area contributed by atoms with Gasteiger partial charge in [-0.25, -0.2) is 4.68 Å². The number of hydrogen-bond donors (Lipinski definition) is 0. The van der Waals surface area contributed by atoms with E-state index in [0.717, 1.165) is 12.8 Å². The Morgan fingerprint density at radius 2 is 2.17 bits per heavy atom. The Morgan fingerprint density at radius 1 is 1.37 bits per heavy atom. The second-order valence-electron chi connectivity index (χ2n) is 7.23. The van der Waals surface area contributed by atoms with Crippen molar-refractivity contribution < 1.29 is 14.1 Å². The number of likely N-dealkylation sites (tertiary alicyclic amines) is 1. The van der Waals surface area contributed by atoms with Crippen LogP contribution in [0.2, 0.25) is 5.02 Å². The molecule has 1 atom stereocenters. The summed E-state index contributed by atoms with van der Waals surface area (Å²) in [4.78, 5) is 18.9. The zero-order chi connectivity index (χ0) is 21.1. The summed E-state index contributed by atoms with van der Waals surface area (Å²) in [5.74, 6) is 1.56. The number of halogens is 1. The third-order valence-electron chi connectivity index (χ3n) is 5.12. The van der Waals surface area contributed by atoms with E-state index in [4.69, 9.17) is 20.9 Å². The van der Waals surface area contributed by atoms with Crippen molar-refractivity contribution in [2.45, 2.75) is 45.3 Å². The predicted molar refractivity (Wildman–Crippen MR) is 109 cm³/mol. The van der Waals surface area contributed by atoms with E-state index in [2.05, 4.69) is 20.5 Å². The van der Waals surface area contributed by atoms with Gasteiger partial charge in [-0.3, -0.25) is 4.79 Å². The third kappa shape index (κ3) is 4.46. The molecule has 0 aliphatic carbocycles. The average molecular weight is 431 g/mol. The summed E-state index contributed by atoms with van der Waals surface area (Å²) >= 11 is 5.98. The highest BCUT2D eigenvalue weighted by atomic mass is 35.5. The van der Waals surface area contributed by atoms with Crippen molar-refractivity contribution in [1.82, 2.24) is 30.0 Å². The molecule has 0 bridgehead atoms. The number of hydrogen-bond acceptors (Lipinski definition) is 7. The minimum absolute atomic E-state index is 0.0364. The van der Waals surface area contributed by atoms with Crippen LogP contribution in [0.25, 0.3) is 11.6 Å². The number of carbonyl (C=O) groups is 1. The highest BCUT2D eigenvalue weighted by molar-refractivity contribution is 6.30. The molecule has 1 amide bonds. The highest BCUT2D eigenvalue weighted by Gasteiger charge is 2.28. The van der Waals surface area contributed by atoms with Crippen LogP contribution in [0.4, 0.5) is 0 Å². The average Bonchev–Trinajstić information content (AvgIpc) is 3.43. The Labute approximate surface area is 179 Å². The minimum Gasteiger partial charge on any atom is -0.481 e. The summed E-state index contributed by atoms with van der Waals surface area (Å²) in [7, 11) is 0. The van der Waals surface area contributed by atoms with Crippen molar-refractivity contribution in [2.75, 3.05) is 13.1 Å². The van der Waals surface area contributed by atoms with Gasteiger partial charge >= 0.3 is 0 Å². The number of carbonyl (C=O) groups excluding carboxylic acids is 1. The molecule has 0 unspecified atom stereocenters. The molecule has 2 aromatic heterocycles. The first-order chi connectivity index (χ1) is 14.5. The monoisotopic (exact) mass is 430 g/mol. The molecule has 9 nitrogen and oxygen atoms in total. The van der Waals surface area contributed by atoms with Crippen LogP contribution in [-0.2, 0) is 11.2 Å². The molecule has 3 aromatic rings. The molecule has 4 rings (SSSR count). The maximum absolute atomic E-state index is 12.8. The zero-order valence-corrected chi connectivity index (χ0v) is 17.6. The van der Waals surface area contributed by atoms with Gasteiger partial charge in [0.15, 0.2) is 17.6 Å². The fourth-order valence-corrected chi connectivity index (χ4v) is 3.64. The maximum atomic E-state index is 12.8. The number of rotatable bonds is 6. The van der Waals surface area contributed by atoms with E-state index in [0.29, 0.717) is 47.7 Å². The Morgan fingerprint density at radius 3 is 2.87 bits per heavy atom. The summed E-state index contributed by atoms with van der Waals surface area (Å²) in [6.07, 6.45) is 3.50. The van der Waals surface area contributed by atoms with Crippen LogP contribution in [0, 0.1) is 0 Å². The zero-order valence-electron chi connectivity index (χ0n) is 16.9. The van der Waals surface area contributed by atoms with Crippen LogP contribution in [-0.4, -0.2) is 55.1 Å². The number of aryl methyl sites for hydroxylation is 1. The van der Waals surface area contributed by atoms with E-state index in [-0.39, 0.29) is 11.9 Å². The minimum atomic E-state index is -0.580. The van der Waals surface area contributed by atoms with Gasteiger partial charge < -0.3 is 14.2 Å². The van der Waals surface area contributed by atoms with Crippen molar-refractivity contribution >= 4 is 17.5 Å². The summed E-state index contributed by atoms with van der Waals surface area (Å²) in [6.45, 7) is 4.97. The largest absolute Gasteiger partial charge is 0.481 e. The lowest BCUT2D eigenvalue weighted by Gasteiger charge is -2.33. The van der Waals surface area contributed by atoms with E-state index in [1.807, 2.05) is 22.7 Å². The molecule has 1 aromatic carbocycles. The van der Waals surface area contributed by atoms with Gasteiger partial charge in [0.25, 0.3) is 11.8 Å². The molecule has 1 aliphatic rings. The number of ether oxygens (including phenoxy) is 1. The molecule has 0 spiro atoms. The SMILES string of the molecule is CCc1noc(-c2cn(C3CCN(C(=O)[C@H](C)Oc4cccc(Cl)c4)CC3)nn2)n1. The lowest BCUT2D eigenvalue weighted by molar-refractivity contribution is -0.139. The Bertz CT molecular complexity index is 1010. The lowest BCUT2D eigenvalue weighted by Crippen LogP contribution is -2.45. The first-order valence-corrected chi connectivity index (χ1v) is 10.4. The molecule has 1 fully saturated rings. The summed E-state index contributed by atoms with van der Waals surface area (Å²) in [6, 6.07) is 7.21. The molecule has 1 aliphatic heterocycles. The van der Waals surface area contributed by atoms with Gasteiger partial charge in [-0.1, -0.05) is 35.0 Å². The normalized spacial score (nSPS) is 15.9. The van der Waals surface area contributed by atoms with Crippen LogP contribution in [0.15, 0.2) is 35.0 Å². The number of amides is 1. The van der Waals surface area contributed by atoms with Crippen molar-refractivity contribution in [1.29, 1.82) is 0 Å². The Kier molecular flexibility index (Phi) is 5.98. The predicted octanol–water partition coefficient (Wildman–Crippen LogP) is 3.17. The van der Waals surface area contributed by atoms with Gasteiger partial charge in [-0.15, -0.1) is 5.10 Å². The van der Waals surface area contributed by atoms with Gasteiger partial charge in [0.2, 0.25) is 0 Å². The van der Waals surface area contributed by atoms with Gasteiger partial charge in [-0.2, -0.15) is 4.98 Å². The summed E-state index contributed by atoms with van der Waals surface area (Å²) in [5, 5.41) is 12.8. The molecule has 0 radical (unpaired) electrons. The molecule has 3 heterocycles. The van der Waals surface area contributed by atoms with Crippen LogP contribution in [0.1, 0.15) is 38.6 Å². The number of benzene rings is 1. The van der Waals surface area contributed by atoms with Crippen LogP contribution < -0.4 is 4.74 Å². The van der Waals surface area contributed by atoms with Crippen molar-refractivity contribution in [2.24, 2.45) is 0 Å². The van der Waals surface area contributed by atoms with Gasteiger partial charge in [0, 0.05) is 24.5 Å². The molecule has 158 valence electrons. The maximum Gasteiger partial charge on any atom is 0.280 e. The van der Waals surface area contributed by atoms with E-state index in [1.54, 1.807) is 31.2 Å². The molecular formula is C20H23ClN6O3. The molecule has 1 saturated heterocycles. The second-order valence-corrected chi connectivity index (χ2v) is 7.66. The molecule has 10 heteroatoms. The number of piperidine rings is 1. The van der Waals surface area contributed by atoms with Crippen molar-refractivity contribution in [3.05, 3.63) is 41.3 Å². The van der Waals surface area contributed by atoms with Gasteiger partial charge in [0.05, 0.1) is 12.2 Å². The topological polar surface area (TPSA) is 99.2 Å². The third-order valence-corrected chi connectivity index (χ3v) is 5.36. The highest BCUT2D eigenvalue weighted by Crippen LogP contribution is 2.25. The lowest BCUT2D eigenvalue weighted by atomic mass is 10.0. The van der Waals surface area contributed by atoms with Crippen molar-refractivity contribution in [3.63, 3.8) is 0 Å². The van der Waals surface area contributed by atoms with Crippen molar-refractivity contribution in [3.8, 4) is 17.3 Å². The second kappa shape index (κ2) is 8.83. The van der Waals surface area contributed by atoms with E-state index in [9.17, 15) is 4.79 Å². The fraction of sp³-hybridized carbons (Fsp3) is 0.450. The molecule has 30 heavy (non-hydrogen) atoms. The summed E-state index contributed by atoms with van der Waals surface area (Å²) in [5.41, 5.74) is 0.559. The first kappa shape index (κ1) is 20.3. The molecular weight excluding hydrogens is 408 g/mol.